The predicted molar refractivity (Wildman–Crippen MR) is 54.9 cm³/mol. The minimum absolute atomic E-state index is 0.501. The van der Waals surface area contributed by atoms with Gasteiger partial charge < -0.3 is 14.6 Å². The molecule has 0 radical (unpaired) electrons. The molecule has 0 fully saturated rings. The van der Waals surface area contributed by atoms with Gasteiger partial charge >= 0.3 is 6.09 Å². The van der Waals surface area contributed by atoms with Gasteiger partial charge in [-0.3, -0.25) is 4.84 Å². The molecule has 16 heavy (non-hydrogen) atoms. The summed E-state index contributed by atoms with van der Waals surface area (Å²) >= 11 is 15.9. The molecule has 0 heterocycles. The molecule has 0 aliphatic carbocycles. The molecule has 9 heteroatoms. The van der Waals surface area contributed by atoms with Gasteiger partial charge in [-0.25, -0.2) is 4.79 Å². The van der Waals surface area contributed by atoms with Crippen LogP contribution in [0.25, 0.3) is 0 Å². The van der Waals surface area contributed by atoms with Gasteiger partial charge in [0.2, 0.25) is 3.79 Å². The molecule has 0 aromatic rings. The molecular weight excluding hydrogens is 284 g/mol. The normalized spacial score (nSPS) is 12.1. The zero-order valence-electron chi connectivity index (χ0n) is 8.38. The van der Waals surface area contributed by atoms with Gasteiger partial charge in [0.1, 0.15) is 12.2 Å². The van der Waals surface area contributed by atoms with Crippen molar-refractivity contribution in [2.24, 2.45) is 0 Å². The summed E-state index contributed by atoms with van der Waals surface area (Å²) in [5.41, 5.74) is 0.0235. The first-order chi connectivity index (χ1) is 7.04. The van der Waals surface area contributed by atoms with Gasteiger partial charge in [-0.1, -0.05) is 34.8 Å². The molecule has 0 aromatic heterocycles. The van der Waals surface area contributed by atoms with Crippen molar-refractivity contribution in [1.29, 1.82) is 0 Å². The zero-order chi connectivity index (χ0) is 13.0. The quantitative estimate of drug-likeness (QED) is 0.604. The number of ether oxygens (including phenoxy) is 1. The van der Waals surface area contributed by atoms with E-state index >= 15 is 0 Å². The lowest BCUT2D eigenvalue weighted by atomic mass is 10.1. The van der Waals surface area contributed by atoms with Gasteiger partial charge in [-0.15, -0.1) is 0 Å². The average molecular weight is 294 g/mol. The molecule has 0 atom stereocenters. The molecule has 94 valence electrons. The maximum absolute atomic E-state index is 10.9. The van der Waals surface area contributed by atoms with Crippen LogP contribution < -0.4 is 10.6 Å². The molecule has 0 spiro atoms. The highest BCUT2D eigenvalue weighted by Crippen LogP contribution is 2.25. The first-order valence-electron chi connectivity index (χ1n) is 3.93. The van der Waals surface area contributed by atoms with Gasteiger partial charge in [0.15, 0.2) is 0 Å². The first-order valence-corrected chi connectivity index (χ1v) is 5.07. The van der Waals surface area contributed by atoms with E-state index in [4.69, 9.17) is 34.8 Å². The predicted octanol–water partition coefficient (Wildman–Crippen LogP) is 0.543. The summed E-state index contributed by atoms with van der Waals surface area (Å²) in [5, 5.41) is 10.5. The Balaban J connectivity index is 3.96. The number of rotatable bonds is 4. The Morgan fingerprint density at radius 3 is 2.19 bits per heavy atom. The Kier molecular flexibility index (Phi) is 5.61. The number of hydrogen-bond donors (Lipinski definition) is 1. The summed E-state index contributed by atoms with van der Waals surface area (Å²) in [4.78, 5) is 25.9. The van der Waals surface area contributed by atoms with Crippen LogP contribution in [0.1, 0.15) is 13.8 Å². The standard InChI is InChI=1S/C7H10Cl3NO5/c1-6(2,4(12)13)16-11-5(14)15-3-7(8,9)10/h3H2,1-2H3,(H,11,14)(H,12,13)/p-1. The third-order valence-electron chi connectivity index (χ3n) is 1.25. The van der Waals surface area contributed by atoms with Crippen LogP contribution >= 0.6 is 34.8 Å². The number of carboxylic acid groups (broad SMARTS) is 1. The van der Waals surface area contributed by atoms with E-state index in [1.807, 2.05) is 0 Å². The Labute approximate surface area is 107 Å². The number of nitrogens with one attached hydrogen (secondary N) is 1. The summed E-state index contributed by atoms with van der Waals surface area (Å²) in [6.45, 7) is 1.85. The minimum Gasteiger partial charge on any atom is -0.547 e. The summed E-state index contributed by atoms with van der Waals surface area (Å²) in [5.74, 6) is -1.51. The van der Waals surface area contributed by atoms with Crippen LogP contribution in [0, 0.1) is 0 Å². The molecule has 0 unspecified atom stereocenters. The van der Waals surface area contributed by atoms with Crippen molar-refractivity contribution >= 4 is 46.9 Å². The number of hydroxylamine groups is 1. The Morgan fingerprint density at radius 2 is 1.81 bits per heavy atom. The van der Waals surface area contributed by atoms with E-state index in [0.717, 1.165) is 0 Å². The van der Waals surface area contributed by atoms with E-state index in [9.17, 15) is 14.7 Å². The molecule has 0 aromatic carbocycles. The van der Waals surface area contributed by atoms with Gasteiger partial charge in [0.25, 0.3) is 0 Å². The fourth-order valence-electron chi connectivity index (χ4n) is 0.388. The van der Waals surface area contributed by atoms with E-state index in [1.54, 1.807) is 5.48 Å². The number of aliphatic carboxylic acids is 1. The molecule has 1 amide bonds. The van der Waals surface area contributed by atoms with Gasteiger partial charge in [-0.2, -0.15) is 5.48 Å². The molecule has 6 nitrogen and oxygen atoms in total. The Hall–Kier alpha value is -0.430. The Morgan fingerprint density at radius 1 is 1.31 bits per heavy atom. The van der Waals surface area contributed by atoms with Crippen LogP contribution in [0.15, 0.2) is 0 Å². The van der Waals surface area contributed by atoms with E-state index in [0.29, 0.717) is 0 Å². The van der Waals surface area contributed by atoms with E-state index in [-0.39, 0.29) is 0 Å². The van der Waals surface area contributed by atoms with Crippen LogP contribution in [0.5, 0.6) is 0 Å². The maximum Gasteiger partial charge on any atom is 0.431 e. The van der Waals surface area contributed by atoms with Crippen LogP contribution in [-0.4, -0.2) is 28.1 Å². The number of carboxylic acids is 1. The molecule has 0 bridgehead atoms. The summed E-state index contributed by atoms with van der Waals surface area (Å²) < 4.78 is 2.65. The molecule has 0 saturated heterocycles. The fraction of sp³-hybridized carbons (Fsp3) is 0.714. The topological polar surface area (TPSA) is 87.7 Å². The first kappa shape index (κ1) is 15.6. The van der Waals surface area contributed by atoms with Crippen molar-refractivity contribution in [3.63, 3.8) is 0 Å². The SMILES string of the molecule is CC(C)(ONC(=O)OCC(Cl)(Cl)Cl)C(=O)[O-]. The smallest absolute Gasteiger partial charge is 0.431 e. The maximum atomic E-state index is 10.9. The lowest BCUT2D eigenvalue weighted by molar-refractivity contribution is -0.327. The number of carbonyl (C=O) groups excluding carboxylic acids is 2. The lowest BCUT2D eigenvalue weighted by Crippen LogP contribution is -2.49. The van der Waals surface area contributed by atoms with Crippen molar-refractivity contribution in [2.45, 2.75) is 23.2 Å². The Bertz CT molecular complexity index is 276. The molecule has 1 N–H and O–H groups in total. The van der Waals surface area contributed by atoms with E-state index < -0.39 is 28.1 Å². The third-order valence-corrected chi connectivity index (χ3v) is 1.58. The molecular formula is C7H9Cl3NO5-. The highest BCUT2D eigenvalue weighted by atomic mass is 35.6. The summed E-state index contributed by atoms with van der Waals surface area (Å²) in [6.07, 6.45) is -1.08. The molecule has 0 rings (SSSR count). The van der Waals surface area contributed by atoms with Crippen molar-refractivity contribution in [3.8, 4) is 0 Å². The second-order valence-electron chi connectivity index (χ2n) is 3.19. The van der Waals surface area contributed by atoms with Crippen LogP contribution in [0.2, 0.25) is 0 Å². The highest BCUT2D eigenvalue weighted by Gasteiger charge is 2.25. The molecule has 0 saturated carbocycles. The number of amides is 1. The molecule has 0 aliphatic heterocycles. The van der Waals surface area contributed by atoms with Gasteiger partial charge in [0, 0.05) is 0 Å². The van der Waals surface area contributed by atoms with Gasteiger partial charge in [0.05, 0.1) is 5.97 Å². The highest BCUT2D eigenvalue weighted by molar-refractivity contribution is 6.67. The van der Waals surface area contributed by atoms with Crippen molar-refractivity contribution in [3.05, 3.63) is 0 Å². The monoisotopic (exact) mass is 292 g/mol. The van der Waals surface area contributed by atoms with Crippen molar-refractivity contribution in [2.75, 3.05) is 6.61 Å². The number of halogens is 3. The molecule has 0 aliphatic rings. The average Bonchev–Trinajstić information content (AvgIpc) is 2.10. The summed E-state index contributed by atoms with van der Waals surface area (Å²) in [6, 6.07) is 0. The second-order valence-corrected chi connectivity index (χ2v) is 5.71. The number of alkyl halides is 3. The lowest BCUT2D eigenvalue weighted by Gasteiger charge is -2.25. The number of carbonyl (C=O) groups is 2. The van der Waals surface area contributed by atoms with E-state index in [2.05, 4.69) is 9.57 Å². The zero-order valence-corrected chi connectivity index (χ0v) is 10.7. The van der Waals surface area contributed by atoms with Crippen molar-refractivity contribution in [1.82, 2.24) is 5.48 Å². The van der Waals surface area contributed by atoms with Crippen molar-refractivity contribution < 1.29 is 24.3 Å². The van der Waals surface area contributed by atoms with E-state index in [1.165, 1.54) is 13.8 Å². The minimum atomic E-state index is -1.75. The van der Waals surface area contributed by atoms with Crippen LogP contribution in [0.3, 0.4) is 0 Å². The fourth-order valence-corrected chi connectivity index (χ4v) is 0.551. The largest absolute Gasteiger partial charge is 0.547 e. The van der Waals surface area contributed by atoms with Gasteiger partial charge in [-0.05, 0) is 13.8 Å². The second kappa shape index (κ2) is 5.77. The summed E-state index contributed by atoms with van der Waals surface area (Å²) in [7, 11) is 0. The van der Waals surface area contributed by atoms with Crippen LogP contribution in [-0.2, 0) is 14.4 Å². The number of hydrogen-bond acceptors (Lipinski definition) is 5. The van der Waals surface area contributed by atoms with Crippen LogP contribution in [0.4, 0.5) is 4.79 Å². The third kappa shape index (κ3) is 6.95.